The summed E-state index contributed by atoms with van der Waals surface area (Å²) in [4.78, 5) is 17.3. The Balaban J connectivity index is 1.65. The third-order valence-electron chi connectivity index (χ3n) is 5.58. The van der Waals surface area contributed by atoms with Crippen LogP contribution in [0, 0.1) is 18.6 Å². The molecule has 0 radical (unpaired) electrons. The summed E-state index contributed by atoms with van der Waals surface area (Å²) < 4.78 is 29.2. The van der Waals surface area contributed by atoms with Gasteiger partial charge in [-0.1, -0.05) is 23.7 Å². The molecule has 1 aliphatic rings. The molecule has 4 nitrogen and oxygen atoms in total. The Morgan fingerprint density at radius 1 is 1.07 bits per heavy atom. The first-order valence-electron chi connectivity index (χ1n) is 9.53. The predicted molar refractivity (Wildman–Crippen MR) is 110 cm³/mol. The van der Waals surface area contributed by atoms with E-state index in [2.05, 4.69) is 10.1 Å². The van der Waals surface area contributed by atoms with Gasteiger partial charge in [0.25, 0.3) is 0 Å². The third kappa shape index (κ3) is 3.08. The van der Waals surface area contributed by atoms with Crippen molar-refractivity contribution in [3.8, 4) is 11.1 Å². The van der Waals surface area contributed by atoms with Crippen molar-refractivity contribution in [3.05, 3.63) is 87.8 Å². The molecule has 0 aliphatic heterocycles. The first-order valence-corrected chi connectivity index (χ1v) is 9.91. The topological polar surface area (TPSA) is 47.3 Å². The maximum absolute atomic E-state index is 13.7. The number of halogens is 3. The molecule has 7 heteroatoms. The molecule has 5 rings (SSSR count). The van der Waals surface area contributed by atoms with Crippen LogP contribution in [-0.4, -0.2) is 20.4 Å². The number of nitrogens with zero attached hydrogens (tertiary/aromatic N) is 3. The first kappa shape index (κ1) is 18.9. The van der Waals surface area contributed by atoms with Gasteiger partial charge in [-0.3, -0.25) is 4.79 Å². The Bertz CT molecular complexity index is 1290. The van der Waals surface area contributed by atoms with Crippen molar-refractivity contribution in [2.24, 2.45) is 0 Å². The van der Waals surface area contributed by atoms with Crippen LogP contribution in [0.1, 0.15) is 39.6 Å². The van der Waals surface area contributed by atoms with Crippen molar-refractivity contribution < 1.29 is 13.6 Å². The van der Waals surface area contributed by atoms with Crippen LogP contribution in [0.3, 0.4) is 0 Å². The monoisotopic (exact) mass is 423 g/mol. The van der Waals surface area contributed by atoms with Gasteiger partial charge in [-0.15, -0.1) is 0 Å². The highest BCUT2D eigenvalue weighted by Gasteiger charge is 2.30. The summed E-state index contributed by atoms with van der Waals surface area (Å²) in [6.07, 6.45) is 2.19. The lowest BCUT2D eigenvalue weighted by Gasteiger charge is -2.24. The molecule has 2 aromatic carbocycles. The summed E-state index contributed by atoms with van der Waals surface area (Å²) in [6, 6.07) is 10.8. The first-order chi connectivity index (χ1) is 14.4. The van der Waals surface area contributed by atoms with Gasteiger partial charge in [-0.2, -0.15) is 5.10 Å². The Morgan fingerprint density at radius 3 is 2.47 bits per heavy atom. The highest BCUT2D eigenvalue weighted by atomic mass is 35.5. The van der Waals surface area contributed by atoms with Crippen LogP contribution in [0.5, 0.6) is 0 Å². The van der Waals surface area contributed by atoms with Crippen molar-refractivity contribution in [2.75, 3.05) is 0 Å². The fourth-order valence-corrected chi connectivity index (χ4v) is 4.33. The number of aromatic nitrogens is 3. The van der Waals surface area contributed by atoms with E-state index in [4.69, 9.17) is 11.6 Å². The average Bonchev–Trinajstić information content (AvgIpc) is 3.04. The Morgan fingerprint density at radius 2 is 1.77 bits per heavy atom. The molecule has 150 valence electrons. The Kier molecular flexibility index (Phi) is 4.40. The zero-order chi connectivity index (χ0) is 21.0. The molecule has 4 aromatic rings. The second-order valence-electron chi connectivity index (χ2n) is 7.55. The average molecular weight is 424 g/mol. The van der Waals surface area contributed by atoms with Crippen molar-refractivity contribution in [1.29, 1.82) is 0 Å². The van der Waals surface area contributed by atoms with E-state index in [0.29, 0.717) is 33.9 Å². The minimum atomic E-state index is -0.650. The van der Waals surface area contributed by atoms with E-state index < -0.39 is 11.6 Å². The number of ketones is 1. The van der Waals surface area contributed by atoms with Crippen LogP contribution >= 0.6 is 11.6 Å². The second-order valence-corrected chi connectivity index (χ2v) is 7.99. The number of aryl methyl sites for hydroxylation is 1. The lowest BCUT2D eigenvalue weighted by molar-refractivity contribution is 0.0962. The highest BCUT2D eigenvalue weighted by molar-refractivity contribution is 6.30. The lowest BCUT2D eigenvalue weighted by atomic mass is 9.82. The number of rotatable bonds is 2. The zero-order valence-corrected chi connectivity index (χ0v) is 16.8. The van der Waals surface area contributed by atoms with Gasteiger partial charge >= 0.3 is 0 Å². The van der Waals surface area contributed by atoms with Crippen LogP contribution in [0.4, 0.5) is 8.78 Å². The summed E-state index contributed by atoms with van der Waals surface area (Å²) in [5.74, 6) is -1.74. The van der Waals surface area contributed by atoms with Crippen LogP contribution in [0.25, 0.3) is 16.8 Å². The molecule has 30 heavy (non-hydrogen) atoms. The molecule has 1 aliphatic carbocycles. The molecule has 2 aromatic heterocycles. The number of hydrogen-bond donors (Lipinski definition) is 0. The van der Waals surface area contributed by atoms with E-state index in [-0.39, 0.29) is 18.1 Å². The normalized spacial score (nSPS) is 16.1. The van der Waals surface area contributed by atoms with Crippen LogP contribution in [0.2, 0.25) is 5.02 Å². The number of benzene rings is 2. The van der Waals surface area contributed by atoms with Crippen molar-refractivity contribution in [1.82, 2.24) is 14.6 Å². The molecule has 0 saturated carbocycles. The summed E-state index contributed by atoms with van der Waals surface area (Å²) in [6.45, 7) is 1.88. The van der Waals surface area contributed by atoms with Crippen LogP contribution in [-0.2, 0) is 6.42 Å². The van der Waals surface area contributed by atoms with E-state index in [0.717, 1.165) is 22.9 Å². The quantitative estimate of drug-likeness (QED) is 0.424. The molecule has 0 N–H and O–H groups in total. The summed E-state index contributed by atoms with van der Waals surface area (Å²) in [5, 5.41) is 5.28. The fraction of sp³-hybridized carbons (Fsp3) is 0.174. The number of hydrogen-bond acceptors (Lipinski definition) is 3. The SMILES string of the molecule is Cc1nn2c3c(cnc2c1-c1ccc(Cl)cc1)C(=O)C[C@@H](c1cc(F)cc(F)c1)C3. The van der Waals surface area contributed by atoms with E-state index in [1.54, 1.807) is 22.8 Å². The fourth-order valence-electron chi connectivity index (χ4n) is 4.21. The van der Waals surface area contributed by atoms with E-state index in [1.165, 1.54) is 12.1 Å². The number of fused-ring (bicyclic) bond motifs is 3. The van der Waals surface area contributed by atoms with Gasteiger partial charge in [0, 0.05) is 29.3 Å². The second kappa shape index (κ2) is 6.99. The van der Waals surface area contributed by atoms with Gasteiger partial charge < -0.3 is 0 Å². The minimum Gasteiger partial charge on any atom is -0.294 e. The Labute approximate surface area is 176 Å². The summed E-state index contributed by atoms with van der Waals surface area (Å²) in [7, 11) is 0. The van der Waals surface area contributed by atoms with Crippen molar-refractivity contribution in [3.63, 3.8) is 0 Å². The molecule has 1 atom stereocenters. The molecule has 2 heterocycles. The predicted octanol–water partition coefficient (Wildman–Crippen LogP) is 5.55. The molecular formula is C23H16ClF2N3O. The van der Waals surface area contributed by atoms with Crippen molar-refractivity contribution in [2.45, 2.75) is 25.7 Å². The van der Waals surface area contributed by atoms with E-state index in [1.807, 2.05) is 19.1 Å². The molecule has 0 unspecified atom stereocenters. The lowest BCUT2D eigenvalue weighted by Crippen LogP contribution is -2.22. The third-order valence-corrected chi connectivity index (χ3v) is 5.83. The van der Waals surface area contributed by atoms with Gasteiger partial charge in [0.15, 0.2) is 11.4 Å². The van der Waals surface area contributed by atoms with Gasteiger partial charge in [-0.25, -0.2) is 18.3 Å². The summed E-state index contributed by atoms with van der Waals surface area (Å²) >= 11 is 6.01. The van der Waals surface area contributed by atoms with Gasteiger partial charge in [-0.05, 0) is 54.7 Å². The van der Waals surface area contributed by atoms with Gasteiger partial charge in [0.05, 0.1) is 17.0 Å². The summed E-state index contributed by atoms with van der Waals surface area (Å²) in [5.41, 5.74) is 4.86. The standard InChI is InChI=1S/C23H16ClF2N3O/c1-12-22(13-2-4-16(24)5-3-13)23-27-11-19-20(29(23)28-12)8-15(9-21(19)30)14-6-17(25)10-18(26)7-14/h2-7,10-11,15H,8-9H2,1H3/t15-/m0/s1. The number of carbonyl (C=O) groups is 1. The maximum atomic E-state index is 13.7. The van der Waals surface area contributed by atoms with E-state index in [9.17, 15) is 13.6 Å². The molecule has 0 amide bonds. The molecule has 0 saturated heterocycles. The number of Topliss-reactive ketones (excluding diaryl/α,β-unsaturated/α-hetero) is 1. The number of carbonyl (C=O) groups excluding carboxylic acids is 1. The molecule has 0 spiro atoms. The molecule has 0 bridgehead atoms. The van der Waals surface area contributed by atoms with E-state index >= 15 is 0 Å². The zero-order valence-electron chi connectivity index (χ0n) is 16.0. The van der Waals surface area contributed by atoms with Crippen molar-refractivity contribution >= 4 is 23.0 Å². The van der Waals surface area contributed by atoms with Gasteiger partial charge in [0.2, 0.25) is 0 Å². The van der Waals surface area contributed by atoms with Gasteiger partial charge in [0.1, 0.15) is 11.6 Å². The largest absolute Gasteiger partial charge is 0.294 e. The maximum Gasteiger partial charge on any atom is 0.166 e. The molecule has 0 fully saturated rings. The minimum absolute atomic E-state index is 0.110. The smallest absolute Gasteiger partial charge is 0.166 e. The highest BCUT2D eigenvalue weighted by Crippen LogP contribution is 2.35. The van der Waals surface area contributed by atoms with Crippen LogP contribution < -0.4 is 0 Å². The Hall–Kier alpha value is -3.12. The molecular weight excluding hydrogens is 408 g/mol. The van der Waals surface area contributed by atoms with Crippen LogP contribution in [0.15, 0.2) is 48.7 Å².